The fourth-order valence-corrected chi connectivity index (χ4v) is 2.98. The summed E-state index contributed by atoms with van der Waals surface area (Å²) in [6.07, 6.45) is 0. The van der Waals surface area contributed by atoms with Gasteiger partial charge in [-0.2, -0.15) is 0 Å². The van der Waals surface area contributed by atoms with Crippen LogP contribution in [0.1, 0.15) is 21.8 Å². The Hall–Kier alpha value is -2.45. The number of amides is 1. The Morgan fingerprint density at radius 1 is 1.32 bits per heavy atom. The third kappa shape index (κ3) is 3.97. The number of aryl methyl sites for hydroxylation is 1. The topological polar surface area (TPSA) is 92.7 Å². The van der Waals surface area contributed by atoms with Gasteiger partial charge >= 0.3 is 0 Å². The number of hydrogen-bond donors (Lipinski definition) is 0. The van der Waals surface area contributed by atoms with E-state index in [4.69, 9.17) is 16.1 Å². The molecule has 1 aliphatic rings. The van der Waals surface area contributed by atoms with Gasteiger partial charge in [0.25, 0.3) is 11.6 Å². The molecule has 0 unspecified atom stereocenters. The maximum Gasteiger partial charge on any atom is 0.270 e. The van der Waals surface area contributed by atoms with E-state index in [-0.39, 0.29) is 22.2 Å². The molecule has 25 heavy (non-hydrogen) atoms. The van der Waals surface area contributed by atoms with Crippen LogP contribution in [0.4, 0.5) is 5.69 Å². The van der Waals surface area contributed by atoms with E-state index in [1.807, 2.05) is 13.0 Å². The molecule has 0 aliphatic carbocycles. The molecule has 0 spiro atoms. The summed E-state index contributed by atoms with van der Waals surface area (Å²) in [6, 6.07) is 5.79. The number of carbonyl (C=O) groups excluding carboxylic acids is 1. The van der Waals surface area contributed by atoms with Gasteiger partial charge in [-0.3, -0.25) is 19.8 Å². The van der Waals surface area contributed by atoms with Crippen LogP contribution in [0.25, 0.3) is 0 Å². The molecule has 1 aliphatic heterocycles. The van der Waals surface area contributed by atoms with Crippen molar-refractivity contribution in [3.8, 4) is 0 Å². The van der Waals surface area contributed by atoms with Crippen molar-refractivity contribution in [2.24, 2.45) is 0 Å². The average molecular weight is 365 g/mol. The number of rotatable bonds is 4. The fourth-order valence-electron chi connectivity index (χ4n) is 2.78. The molecule has 0 atom stereocenters. The molecule has 1 saturated heterocycles. The van der Waals surface area contributed by atoms with E-state index in [2.05, 4.69) is 10.1 Å². The van der Waals surface area contributed by atoms with Crippen LogP contribution in [0.5, 0.6) is 0 Å². The van der Waals surface area contributed by atoms with E-state index < -0.39 is 4.92 Å². The molecule has 132 valence electrons. The van der Waals surface area contributed by atoms with Gasteiger partial charge in [-0.05, 0) is 13.0 Å². The lowest BCUT2D eigenvalue weighted by Crippen LogP contribution is -2.48. The van der Waals surface area contributed by atoms with E-state index >= 15 is 0 Å². The quantitative estimate of drug-likeness (QED) is 0.611. The molecule has 9 heteroatoms. The Balaban J connectivity index is 1.63. The smallest absolute Gasteiger partial charge is 0.270 e. The fraction of sp³-hybridized carbons (Fsp3) is 0.375. The predicted molar refractivity (Wildman–Crippen MR) is 90.5 cm³/mol. The van der Waals surface area contributed by atoms with E-state index in [0.717, 1.165) is 11.5 Å². The first-order valence-electron chi connectivity index (χ1n) is 7.82. The van der Waals surface area contributed by atoms with Crippen LogP contribution in [-0.4, -0.2) is 52.0 Å². The first kappa shape index (κ1) is 17.4. The van der Waals surface area contributed by atoms with Crippen molar-refractivity contribution in [1.29, 1.82) is 0 Å². The summed E-state index contributed by atoms with van der Waals surface area (Å²) in [5.74, 6) is 0.503. The van der Waals surface area contributed by atoms with Crippen molar-refractivity contribution in [2.75, 3.05) is 26.2 Å². The average Bonchev–Trinajstić information content (AvgIpc) is 3.00. The van der Waals surface area contributed by atoms with Gasteiger partial charge < -0.3 is 9.42 Å². The van der Waals surface area contributed by atoms with Crippen molar-refractivity contribution >= 4 is 23.2 Å². The first-order chi connectivity index (χ1) is 11.9. The standard InChI is InChI=1S/C16H17ClN4O4/c1-11-8-13(25-18-11)10-19-4-6-20(7-5-19)16(22)14-9-12(21(23)24)2-3-15(14)17/h2-3,8-9H,4-7,10H2,1H3. The maximum atomic E-state index is 12.6. The lowest BCUT2D eigenvalue weighted by molar-refractivity contribution is -0.384. The third-order valence-corrected chi connectivity index (χ3v) is 4.44. The highest BCUT2D eigenvalue weighted by Crippen LogP contribution is 2.24. The second-order valence-corrected chi connectivity index (χ2v) is 6.33. The lowest BCUT2D eigenvalue weighted by Gasteiger charge is -2.34. The van der Waals surface area contributed by atoms with Crippen LogP contribution in [0.3, 0.4) is 0 Å². The van der Waals surface area contributed by atoms with E-state index in [1.54, 1.807) is 4.90 Å². The summed E-state index contributed by atoms with van der Waals surface area (Å²) in [5.41, 5.74) is 0.853. The van der Waals surface area contributed by atoms with Gasteiger partial charge in [0, 0.05) is 44.4 Å². The Kier molecular flexibility index (Phi) is 5.00. The molecule has 1 aromatic carbocycles. The number of nitro benzene ring substituents is 1. The third-order valence-electron chi connectivity index (χ3n) is 4.11. The summed E-state index contributed by atoms with van der Waals surface area (Å²) >= 11 is 6.05. The Labute approximate surface area is 149 Å². The molecule has 1 aromatic heterocycles. The van der Waals surface area contributed by atoms with Gasteiger partial charge in [0.05, 0.1) is 27.7 Å². The van der Waals surface area contributed by atoms with Crippen LogP contribution in [0.2, 0.25) is 5.02 Å². The number of aromatic nitrogens is 1. The summed E-state index contributed by atoms with van der Waals surface area (Å²) in [5, 5.41) is 15.0. The number of halogens is 1. The largest absolute Gasteiger partial charge is 0.360 e. The molecule has 0 N–H and O–H groups in total. The monoisotopic (exact) mass is 364 g/mol. The minimum Gasteiger partial charge on any atom is -0.360 e. The van der Waals surface area contributed by atoms with E-state index in [9.17, 15) is 14.9 Å². The van der Waals surface area contributed by atoms with Gasteiger partial charge in [-0.1, -0.05) is 16.8 Å². The van der Waals surface area contributed by atoms with Crippen molar-refractivity contribution in [3.05, 3.63) is 56.4 Å². The summed E-state index contributed by atoms with van der Waals surface area (Å²) in [7, 11) is 0. The summed E-state index contributed by atoms with van der Waals surface area (Å²) in [6.45, 7) is 4.90. The van der Waals surface area contributed by atoms with Crippen molar-refractivity contribution in [1.82, 2.24) is 15.0 Å². The number of carbonyl (C=O) groups is 1. The van der Waals surface area contributed by atoms with Gasteiger partial charge in [0.15, 0.2) is 5.76 Å². The lowest BCUT2D eigenvalue weighted by atomic mass is 10.1. The summed E-state index contributed by atoms with van der Waals surface area (Å²) in [4.78, 5) is 26.8. The molecule has 2 heterocycles. The Morgan fingerprint density at radius 3 is 2.64 bits per heavy atom. The number of nitro groups is 1. The van der Waals surface area contributed by atoms with Crippen LogP contribution in [-0.2, 0) is 6.54 Å². The zero-order chi connectivity index (χ0) is 18.0. The predicted octanol–water partition coefficient (Wildman–Crippen LogP) is 2.50. The first-order valence-corrected chi connectivity index (χ1v) is 8.19. The van der Waals surface area contributed by atoms with Gasteiger partial charge in [0.1, 0.15) is 0 Å². The number of hydrogen-bond acceptors (Lipinski definition) is 6. The highest BCUT2D eigenvalue weighted by Gasteiger charge is 2.25. The highest BCUT2D eigenvalue weighted by molar-refractivity contribution is 6.33. The number of benzene rings is 1. The SMILES string of the molecule is Cc1cc(CN2CCN(C(=O)c3cc([N+](=O)[O-])ccc3Cl)CC2)on1. The minimum atomic E-state index is -0.537. The van der Waals surface area contributed by atoms with Gasteiger partial charge in [-0.25, -0.2) is 0 Å². The molecule has 2 aromatic rings. The second-order valence-electron chi connectivity index (χ2n) is 5.92. The normalized spacial score (nSPS) is 15.4. The summed E-state index contributed by atoms with van der Waals surface area (Å²) < 4.78 is 5.21. The zero-order valence-electron chi connectivity index (χ0n) is 13.6. The molecule has 0 radical (unpaired) electrons. The highest BCUT2D eigenvalue weighted by atomic mass is 35.5. The Bertz CT molecular complexity index is 799. The number of piperazine rings is 1. The molecule has 3 rings (SSSR count). The van der Waals surface area contributed by atoms with Gasteiger partial charge in [0.2, 0.25) is 0 Å². The van der Waals surface area contributed by atoms with Crippen molar-refractivity contribution in [3.63, 3.8) is 0 Å². The second kappa shape index (κ2) is 7.20. The molecule has 1 fully saturated rings. The molecule has 1 amide bonds. The molecular formula is C16H17ClN4O4. The molecule has 8 nitrogen and oxygen atoms in total. The van der Waals surface area contributed by atoms with Crippen LogP contribution in [0.15, 0.2) is 28.8 Å². The number of nitrogens with zero attached hydrogens (tertiary/aromatic N) is 4. The Morgan fingerprint density at radius 2 is 2.04 bits per heavy atom. The van der Waals surface area contributed by atoms with Gasteiger partial charge in [-0.15, -0.1) is 0 Å². The van der Waals surface area contributed by atoms with E-state index in [1.165, 1.54) is 18.2 Å². The molecule has 0 bridgehead atoms. The van der Waals surface area contributed by atoms with Crippen LogP contribution >= 0.6 is 11.6 Å². The van der Waals surface area contributed by atoms with Crippen LogP contribution < -0.4 is 0 Å². The molecule has 0 saturated carbocycles. The van der Waals surface area contributed by atoms with Crippen molar-refractivity contribution in [2.45, 2.75) is 13.5 Å². The van der Waals surface area contributed by atoms with Crippen LogP contribution in [0, 0.1) is 17.0 Å². The maximum absolute atomic E-state index is 12.6. The molecular weight excluding hydrogens is 348 g/mol. The van der Waals surface area contributed by atoms with Crippen molar-refractivity contribution < 1.29 is 14.2 Å². The van der Waals surface area contributed by atoms with E-state index in [0.29, 0.717) is 32.7 Å². The minimum absolute atomic E-state index is 0.146. The zero-order valence-corrected chi connectivity index (χ0v) is 14.4. The number of non-ortho nitro benzene ring substituents is 1.